The lowest BCUT2D eigenvalue weighted by Crippen LogP contribution is -2.45. The third kappa shape index (κ3) is 2.46. The van der Waals surface area contributed by atoms with E-state index in [9.17, 15) is 5.11 Å². The fourth-order valence-electron chi connectivity index (χ4n) is 3.14. The van der Waals surface area contributed by atoms with E-state index in [4.69, 9.17) is 4.74 Å². The molecule has 2 unspecified atom stereocenters. The average molecular weight is 249 g/mol. The lowest BCUT2D eigenvalue weighted by atomic mass is 9.85. The Morgan fingerprint density at radius 2 is 2.33 bits per heavy atom. The van der Waals surface area contributed by atoms with Crippen molar-refractivity contribution >= 4 is 5.69 Å². The van der Waals surface area contributed by atoms with Crippen LogP contribution in [0.15, 0.2) is 24.3 Å². The van der Waals surface area contributed by atoms with Crippen LogP contribution in [-0.2, 0) is 0 Å². The summed E-state index contributed by atoms with van der Waals surface area (Å²) in [6, 6.07) is 7.93. The Balaban J connectivity index is 2.19. The summed E-state index contributed by atoms with van der Waals surface area (Å²) < 4.78 is 5.24. The number of ether oxygens (including phenoxy) is 1. The number of hydrogen-bond donors (Lipinski definition) is 2. The molecule has 3 nitrogen and oxygen atoms in total. The summed E-state index contributed by atoms with van der Waals surface area (Å²) in [5.41, 5.74) is 0.880. The van der Waals surface area contributed by atoms with Crippen LogP contribution in [-0.4, -0.2) is 24.4 Å². The van der Waals surface area contributed by atoms with Gasteiger partial charge in [-0.3, -0.25) is 0 Å². The number of anilines is 1. The second kappa shape index (κ2) is 5.61. The van der Waals surface area contributed by atoms with Crippen molar-refractivity contribution in [3.63, 3.8) is 0 Å². The third-order valence-corrected chi connectivity index (χ3v) is 4.19. The minimum absolute atomic E-state index is 0.152. The van der Waals surface area contributed by atoms with Gasteiger partial charge < -0.3 is 15.2 Å². The molecule has 1 aliphatic carbocycles. The Hall–Kier alpha value is -1.22. The minimum Gasteiger partial charge on any atom is -0.497 e. The highest BCUT2D eigenvalue weighted by atomic mass is 16.5. The van der Waals surface area contributed by atoms with Crippen molar-refractivity contribution in [1.82, 2.24) is 0 Å². The van der Waals surface area contributed by atoms with Crippen LogP contribution >= 0.6 is 0 Å². The molecule has 0 aromatic heterocycles. The molecule has 1 aliphatic rings. The Morgan fingerprint density at radius 1 is 1.50 bits per heavy atom. The summed E-state index contributed by atoms with van der Waals surface area (Å²) in [5, 5.41) is 13.4. The number of aliphatic hydroxyl groups excluding tert-OH is 1. The van der Waals surface area contributed by atoms with Crippen molar-refractivity contribution in [2.45, 2.75) is 38.1 Å². The monoisotopic (exact) mass is 249 g/mol. The molecule has 18 heavy (non-hydrogen) atoms. The Labute approximate surface area is 109 Å². The van der Waals surface area contributed by atoms with Crippen LogP contribution in [0.25, 0.3) is 0 Å². The van der Waals surface area contributed by atoms with Crippen molar-refractivity contribution < 1.29 is 9.84 Å². The molecule has 1 aromatic rings. The van der Waals surface area contributed by atoms with Crippen molar-refractivity contribution in [1.29, 1.82) is 0 Å². The van der Waals surface area contributed by atoms with Crippen LogP contribution in [0.1, 0.15) is 32.6 Å². The highest BCUT2D eigenvalue weighted by molar-refractivity contribution is 5.50. The first-order chi connectivity index (χ1) is 8.74. The van der Waals surface area contributed by atoms with Gasteiger partial charge in [-0.25, -0.2) is 0 Å². The first-order valence-corrected chi connectivity index (χ1v) is 6.77. The molecule has 0 radical (unpaired) electrons. The van der Waals surface area contributed by atoms with E-state index in [2.05, 4.69) is 12.2 Å². The van der Waals surface area contributed by atoms with Gasteiger partial charge in [-0.2, -0.15) is 0 Å². The van der Waals surface area contributed by atoms with Gasteiger partial charge in [-0.15, -0.1) is 0 Å². The standard InChI is InChI=1S/C15H23NO2/c1-3-12-6-5-9-15(12,11-17)16-13-7-4-8-14(10-13)18-2/h4,7-8,10,12,16-17H,3,5-6,9,11H2,1-2H3. The first-order valence-electron chi connectivity index (χ1n) is 6.77. The summed E-state index contributed by atoms with van der Waals surface area (Å²) in [4.78, 5) is 0. The molecule has 0 heterocycles. The zero-order valence-corrected chi connectivity index (χ0v) is 11.3. The molecular weight excluding hydrogens is 226 g/mol. The number of benzene rings is 1. The van der Waals surface area contributed by atoms with Gasteiger partial charge in [0, 0.05) is 11.8 Å². The van der Waals surface area contributed by atoms with Gasteiger partial charge >= 0.3 is 0 Å². The maximum atomic E-state index is 9.81. The van der Waals surface area contributed by atoms with Crippen LogP contribution in [0.5, 0.6) is 5.75 Å². The largest absolute Gasteiger partial charge is 0.497 e. The maximum Gasteiger partial charge on any atom is 0.120 e. The molecule has 1 aromatic carbocycles. The molecule has 0 saturated heterocycles. The van der Waals surface area contributed by atoms with Crippen LogP contribution in [0.2, 0.25) is 0 Å². The van der Waals surface area contributed by atoms with Gasteiger partial charge in [0.2, 0.25) is 0 Å². The number of hydrogen-bond acceptors (Lipinski definition) is 3. The van der Waals surface area contributed by atoms with Crippen LogP contribution < -0.4 is 10.1 Å². The van der Waals surface area contributed by atoms with Crippen molar-refractivity contribution in [2.24, 2.45) is 5.92 Å². The molecule has 3 heteroatoms. The van der Waals surface area contributed by atoms with Gasteiger partial charge in [-0.05, 0) is 30.9 Å². The molecule has 2 N–H and O–H groups in total. The zero-order chi connectivity index (χ0) is 13.0. The first kappa shape index (κ1) is 13.2. The predicted octanol–water partition coefficient (Wildman–Crippen LogP) is 3.05. The van der Waals surface area contributed by atoms with Crippen LogP contribution in [0.3, 0.4) is 0 Å². The Bertz CT molecular complexity index is 394. The topological polar surface area (TPSA) is 41.5 Å². The van der Waals surface area contributed by atoms with E-state index in [-0.39, 0.29) is 12.1 Å². The fraction of sp³-hybridized carbons (Fsp3) is 0.600. The van der Waals surface area contributed by atoms with Gasteiger partial charge in [0.1, 0.15) is 5.75 Å². The zero-order valence-electron chi connectivity index (χ0n) is 11.3. The van der Waals surface area contributed by atoms with E-state index in [1.807, 2.05) is 24.3 Å². The van der Waals surface area contributed by atoms with Crippen molar-refractivity contribution in [3.05, 3.63) is 24.3 Å². The molecule has 1 saturated carbocycles. The predicted molar refractivity (Wildman–Crippen MR) is 74.1 cm³/mol. The smallest absolute Gasteiger partial charge is 0.120 e. The van der Waals surface area contributed by atoms with E-state index in [0.717, 1.165) is 24.3 Å². The Kier molecular flexibility index (Phi) is 4.12. The van der Waals surface area contributed by atoms with Gasteiger partial charge in [0.25, 0.3) is 0 Å². The van der Waals surface area contributed by atoms with E-state index < -0.39 is 0 Å². The fourth-order valence-corrected chi connectivity index (χ4v) is 3.14. The SMILES string of the molecule is CCC1CCCC1(CO)Nc1cccc(OC)c1. The second-order valence-corrected chi connectivity index (χ2v) is 5.17. The van der Waals surface area contributed by atoms with Crippen molar-refractivity contribution in [3.8, 4) is 5.75 Å². The summed E-state index contributed by atoms with van der Waals surface area (Å²) in [6.45, 7) is 2.40. The summed E-state index contributed by atoms with van der Waals surface area (Å²) in [7, 11) is 1.67. The summed E-state index contributed by atoms with van der Waals surface area (Å²) in [5.74, 6) is 1.40. The normalized spacial score (nSPS) is 27.2. The molecule has 0 bridgehead atoms. The number of rotatable bonds is 5. The highest BCUT2D eigenvalue weighted by Crippen LogP contribution is 2.40. The Morgan fingerprint density at radius 3 is 3.00 bits per heavy atom. The van der Waals surface area contributed by atoms with E-state index in [1.165, 1.54) is 12.8 Å². The summed E-state index contributed by atoms with van der Waals surface area (Å²) >= 11 is 0. The van der Waals surface area contributed by atoms with E-state index in [1.54, 1.807) is 7.11 Å². The molecule has 100 valence electrons. The van der Waals surface area contributed by atoms with Gasteiger partial charge in [0.05, 0.1) is 19.3 Å². The lowest BCUT2D eigenvalue weighted by Gasteiger charge is -2.35. The van der Waals surface area contributed by atoms with Crippen LogP contribution in [0.4, 0.5) is 5.69 Å². The number of nitrogens with one attached hydrogen (secondary N) is 1. The number of aliphatic hydroxyl groups is 1. The van der Waals surface area contributed by atoms with E-state index in [0.29, 0.717) is 5.92 Å². The van der Waals surface area contributed by atoms with Crippen molar-refractivity contribution in [2.75, 3.05) is 19.0 Å². The molecular formula is C15H23NO2. The van der Waals surface area contributed by atoms with Crippen LogP contribution in [0, 0.1) is 5.92 Å². The third-order valence-electron chi connectivity index (χ3n) is 4.19. The van der Waals surface area contributed by atoms with E-state index >= 15 is 0 Å². The molecule has 0 spiro atoms. The lowest BCUT2D eigenvalue weighted by molar-refractivity contribution is 0.174. The van der Waals surface area contributed by atoms with Gasteiger partial charge in [0.15, 0.2) is 0 Å². The molecule has 0 amide bonds. The summed E-state index contributed by atoms with van der Waals surface area (Å²) in [6.07, 6.45) is 4.54. The molecule has 1 fully saturated rings. The molecule has 2 atom stereocenters. The number of methoxy groups -OCH3 is 1. The average Bonchev–Trinajstić information content (AvgIpc) is 2.82. The second-order valence-electron chi connectivity index (χ2n) is 5.17. The highest BCUT2D eigenvalue weighted by Gasteiger charge is 2.41. The quantitative estimate of drug-likeness (QED) is 0.842. The van der Waals surface area contributed by atoms with Gasteiger partial charge in [-0.1, -0.05) is 25.8 Å². The maximum absolute atomic E-state index is 9.81. The molecule has 0 aliphatic heterocycles. The molecule has 2 rings (SSSR count). The minimum atomic E-state index is -0.152.